The Morgan fingerprint density at radius 1 is 1.12 bits per heavy atom. The van der Waals surface area contributed by atoms with E-state index < -0.39 is 23.3 Å². The van der Waals surface area contributed by atoms with Crippen molar-refractivity contribution in [2.75, 3.05) is 6.61 Å². The Kier molecular flexibility index (Phi) is 6.15. The number of nitro benzene ring substituents is 1. The molecule has 2 rings (SSSR count). The second-order valence-electron chi connectivity index (χ2n) is 4.64. The summed E-state index contributed by atoms with van der Waals surface area (Å²) in [4.78, 5) is 33.8. The van der Waals surface area contributed by atoms with Gasteiger partial charge in [0.05, 0.1) is 9.95 Å². The van der Waals surface area contributed by atoms with E-state index in [0.29, 0.717) is 5.02 Å². The van der Waals surface area contributed by atoms with Gasteiger partial charge in [-0.25, -0.2) is 0 Å². The standard InChI is InChI=1S/C15H11Cl2N3O5/c16-9-5-6-13(11(17)7-9)25-8-14(21)18-19-15(22)10-3-1-2-4-12(10)20(23)24/h1-7H,8H2,(H,18,21)(H,19,22). The average Bonchev–Trinajstić information content (AvgIpc) is 2.58. The lowest BCUT2D eigenvalue weighted by Gasteiger charge is -2.10. The number of rotatable bonds is 5. The van der Waals surface area contributed by atoms with Gasteiger partial charge in [-0.3, -0.25) is 30.6 Å². The van der Waals surface area contributed by atoms with E-state index in [-0.39, 0.29) is 22.0 Å². The fourth-order valence-corrected chi connectivity index (χ4v) is 2.25. The zero-order valence-electron chi connectivity index (χ0n) is 12.5. The third-order valence-corrected chi connectivity index (χ3v) is 3.44. The third-order valence-electron chi connectivity index (χ3n) is 2.91. The molecule has 0 aliphatic heterocycles. The van der Waals surface area contributed by atoms with Crippen LogP contribution in [-0.2, 0) is 4.79 Å². The van der Waals surface area contributed by atoms with Crippen LogP contribution in [0.25, 0.3) is 0 Å². The summed E-state index contributed by atoms with van der Waals surface area (Å²) in [6.07, 6.45) is 0. The van der Waals surface area contributed by atoms with Crippen molar-refractivity contribution < 1.29 is 19.2 Å². The van der Waals surface area contributed by atoms with E-state index in [0.717, 1.165) is 0 Å². The van der Waals surface area contributed by atoms with Crippen LogP contribution in [0.1, 0.15) is 10.4 Å². The first kappa shape index (κ1) is 18.5. The number of ether oxygens (including phenoxy) is 1. The van der Waals surface area contributed by atoms with Gasteiger partial charge in [-0.2, -0.15) is 0 Å². The number of hydrogen-bond acceptors (Lipinski definition) is 5. The van der Waals surface area contributed by atoms with E-state index in [4.69, 9.17) is 27.9 Å². The largest absolute Gasteiger partial charge is 0.482 e. The molecule has 2 aromatic carbocycles. The predicted octanol–water partition coefficient (Wildman–Crippen LogP) is 2.74. The van der Waals surface area contributed by atoms with Crippen LogP contribution in [0.2, 0.25) is 10.0 Å². The first-order chi connectivity index (χ1) is 11.9. The number of carbonyl (C=O) groups excluding carboxylic acids is 2. The van der Waals surface area contributed by atoms with Crippen LogP contribution in [0.3, 0.4) is 0 Å². The normalized spacial score (nSPS) is 10.0. The molecule has 0 radical (unpaired) electrons. The molecule has 0 spiro atoms. The molecule has 130 valence electrons. The lowest BCUT2D eigenvalue weighted by molar-refractivity contribution is -0.385. The van der Waals surface area contributed by atoms with Crippen molar-refractivity contribution in [1.82, 2.24) is 10.9 Å². The highest BCUT2D eigenvalue weighted by Gasteiger charge is 2.19. The number of nitro groups is 1. The van der Waals surface area contributed by atoms with Gasteiger partial charge >= 0.3 is 0 Å². The number of benzene rings is 2. The summed E-state index contributed by atoms with van der Waals surface area (Å²) in [5.41, 5.74) is 3.61. The van der Waals surface area contributed by atoms with Gasteiger partial charge in [-0.15, -0.1) is 0 Å². The van der Waals surface area contributed by atoms with Crippen LogP contribution in [0.4, 0.5) is 5.69 Å². The van der Waals surface area contributed by atoms with E-state index in [1.54, 1.807) is 0 Å². The minimum atomic E-state index is -0.829. The molecular weight excluding hydrogens is 373 g/mol. The lowest BCUT2D eigenvalue weighted by Crippen LogP contribution is -2.44. The number of nitrogens with zero attached hydrogens (tertiary/aromatic N) is 1. The lowest BCUT2D eigenvalue weighted by atomic mass is 10.2. The number of nitrogens with one attached hydrogen (secondary N) is 2. The molecule has 0 aliphatic rings. The molecule has 0 unspecified atom stereocenters. The highest BCUT2D eigenvalue weighted by Crippen LogP contribution is 2.27. The van der Waals surface area contributed by atoms with Gasteiger partial charge in [0.15, 0.2) is 6.61 Å². The monoisotopic (exact) mass is 383 g/mol. The predicted molar refractivity (Wildman–Crippen MR) is 90.7 cm³/mol. The molecular formula is C15H11Cl2N3O5. The Labute approximate surface area is 151 Å². The molecule has 0 heterocycles. The average molecular weight is 384 g/mol. The molecule has 8 nitrogen and oxygen atoms in total. The molecule has 2 aromatic rings. The molecule has 10 heteroatoms. The van der Waals surface area contributed by atoms with Crippen molar-refractivity contribution in [3.8, 4) is 5.75 Å². The fourth-order valence-electron chi connectivity index (χ4n) is 1.79. The maximum absolute atomic E-state index is 11.9. The zero-order valence-corrected chi connectivity index (χ0v) is 14.0. The first-order valence-electron chi connectivity index (χ1n) is 6.79. The number of halogens is 2. The maximum Gasteiger partial charge on any atom is 0.282 e. The molecule has 2 amide bonds. The Bertz CT molecular complexity index is 829. The van der Waals surface area contributed by atoms with Crippen molar-refractivity contribution in [3.63, 3.8) is 0 Å². The topological polar surface area (TPSA) is 111 Å². The molecule has 2 N–H and O–H groups in total. The number of hydrazine groups is 1. The zero-order chi connectivity index (χ0) is 18.4. The first-order valence-corrected chi connectivity index (χ1v) is 7.54. The van der Waals surface area contributed by atoms with Gasteiger partial charge in [-0.05, 0) is 24.3 Å². The van der Waals surface area contributed by atoms with Gasteiger partial charge in [0.1, 0.15) is 11.3 Å². The van der Waals surface area contributed by atoms with Gasteiger partial charge in [0, 0.05) is 11.1 Å². The Hall–Kier alpha value is -2.84. The van der Waals surface area contributed by atoms with Crippen molar-refractivity contribution in [1.29, 1.82) is 0 Å². The number of hydrogen-bond donors (Lipinski definition) is 2. The molecule has 25 heavy (non-hydrogen) atoms. The van der Waals surface area contributed by atoms with E-state index >= 15 is 0 Å². The number of carbonyl (C=O) groups is 2. The highest BCUT2D eigenvalue weighted by atomic mass is 35.5. The molecule has 0 fully saturated rings. The van der Waals surface area contributed by atoms with Crippen molar-refractivity contribution >= 4 is 40.7 Å². The third kappa shape index (κ3) is 5.07. The quantitative estimate of drug-likeness (QED) is 0.608. The number of amides is 2. The minimum absolute atomic E-state index is 0.186. The van der Waals surface area contributed by atoms with Crippen LogP contribution in [0.5, 0.6) is 5.75 Å². The van der Waals surface area contributed by atoms with E-state index in [1.807, 2.05) is 0 Å². The van der Waals surface area contributed by atoms with Crippen LogP contribution >= 0.6 is 23.2 Å². The van der Waals surface area contributed by atoms with Gasteiger partial charge in [0.25, 0.3) is 17.5 Å². The summed E-state index contributed by atoms with van der Waals surface area (Å²) in [6, 6.07) is 9.83. The summed E-state index contributed by atoms with van der Waals surface area (Å²) in [7, 11) is 0. The Balaban J connectivity index is 1.90. The molecule has 0 saturated carbocycles. The summed E-state index contributed by atoms with van der Waals surface area (Å²) in [5.74, 6) is -1.27. The Morgan fingerprint density at radius 3 is 2.52 bits per heavy atom. The van der Waals surface area contributed by atoms with Crippen LogP contribution in [0.15, 0.2) is 42.5 Å². The molecule has 0 bridgehead atoms. The minimum Gasteiger partial charge on any atom is -0.482 e. The summed E-state index contributed by atoms with van der Waals surface area (Å²) >= 11 is 11.6. The molecule has 0 atom stereocenters. The van der Waals surface area contributed by atoms with Gasteiger partial charge in [-0.1, -0.05) is 35.3 Å². The molecule has 0 aromatic heterocycles. The van der Waals surface area contributed by atoms with E-state index in [9.17, 15) is 19.7 Å². The second kappa shape index (κ2) is 8.32. The summed E-state index contributed by atoms with van der Waals surface area (Å²) < 4.78 is 5.19. The SMILES string of the molecule is O=C(COc1ccc(Cl)cc1Cl)NNC(=O)c1ccccc1[N+](=O)[O-]. The van der Waals surface area contributed by atoms with Crippen LogP contribution < -0.4 is 15.6 Å². The van der Waals surface area contributed by atoms with Gasteiger partial charge in [0.2, 0.25) is 0 Å². The molecule has 0 saturated heterocycles. The maximum atomic E-state index is 11.9. The van der Waals surface area contributed by atoms with Gasteiger partial charge < -0.3 is 4.74 Å². The van der Waals surface area contributed by atoms with E-state index in [1.165, 1.54) is 42.5 Å². The van der Waals surface area contributed by atoms with Crippen molar-refractivity contribution in [2.45, 2.75) is 0 Å². The molecule has 0 aliphatic carbocycles. The summed E-state index contributed by atoms with van der Waals surface area (Å²) in [6.45, 7) is -0.432. The fraction of sp³-hybridized carbons (Fsp3) is 0.0667. The smallest absolute Gasteiger partial charge is 0.282 e. The Morgan fingerprint density at radius 2 is 1.84 bits per heavy atom. The summed E-state index contributed by atoms with van der Waals surface area (Å²) in [5, 5.41) is 11.5. The van der Waals surface area contributed by atoms with Crippen molar-refractivity contribution in [2.24, 2.45) is 0 Å². The highest BCUT2D eigenvalue weighted by molar-refractivity contribution is 6.35. The van der Waals surface area contributed by atoms with E-state index in [2.05, 4.69) is 10.9 Å². The van der Waals surface area contributed by atoms with Crippen LogP contribution in [-0.4, -0.2) is 23.3 Å². The number of para-hydroxylation sites is 1. The van der Waals surface area contributed by atoms with Crippen molar-refractivity contribution in [3.05, 3.63) is 68.2 Å². The second-order valence-corrected chi connectivity index (χ2v) is 5.48. The van der Waals surface area contributed by atoms with Crippen LogP contribution in [0, 0.1) is 10.1 Å².